The van der Waals surface area contributed by atoms with Gasteiger partial charge in [0.2, 0.25) is 11.6 Å². The average Bonchev–Trinajstić information content (AvgIpc) is 2.57. The van der Waals surface area contributed by atoms with Crippen LogP contribution in [0.25, 0.3) is 0 Å². The second kappa shape index (κ2) is 7.59. The van der Waals surface area contributed by atoms with E-state index in [0.717, 1.165) is 22.4 Å². The fourth-order valence-corrected chi connectivity index (χ4v) is 2.91. The summed E-state index contributed by atoms with van der Waals surface area (Å²) in [5.41, 5.74) is 4.08. The maximum atomic E-state index is 11.7. The van der Waals surface area contributed by atoms with Crippen molar-refractivity contribution in [2.24, 2.45) is 0 Å². The number of aryl methyl sites for hydroxylation is 3. The summed E-state index contributed by atoms with van der Waals surface area (Å²) in [6, 6.07) is 11.1. The third kappa shape index (κ3) is 4.32. The number of rotatable bonds is 5. The van der Waals surface area contributed by atoms with Gasteiger partial charge in [-0.15, -0.1) is 0 Å². The Labute approximate surface area is 161 Å². The number of benzene rings is 2. The minimum Gasteiger partial charge on any atom is -0.334 e. The highest BCUT2D eigenvalue weighted by atomic mass is 35.5. The molecule has 27 heavy (non-hydrogen) atoms. The molecule has 1 heterocycles. The molecule has 0 fully saturated rings. The lowest BCUT2D eigenvalue weighted by Crippen LogP contribution is -2.05. The number of nitro groups is 1. The molecule has 0 spiro atoms. The fraction of sp³-hybridized carbons (Fsp3) is 0.158. The van der Waals surface area contributed by atoms with Crippen molar-refractivity contribution in [3.8, 4) is 0 Å². The smallest absolute Gasteiger partial charge is 0.334 e. The van der Waals surface area contributed by atoms with E-state index in [-0.39, 0.29) is 17.3 Å². The number of aromatic nitrogens is 2. The molecule has 0 bridgehead atoms. The highest BCUT2D eigenvalue weighted by Crippen LogP contribution is 2.34. The topological polar surface area (TPSA) is 93.0 Å². The highest BCUT2D eigenvalue weighted by molar-refractivity contribution is 6.31. The van der Waals surface area contributed by atoms with E-state index in [9.17, 15) is 10.1 Å². The molecule has 0 aliphatic heterocycles. The van der Waals surface area contributed by atoms with Gasteiger partial charge >= 0.3 is 5.69 Å². The van der Waals surface area contributed by atoms with Crippen LogP contribution < -0.4 is 10.6 Å². The first-order valence-corrected chi connectivity index (χ1v) is 8.59. The number of hydrogen-bond donors (Lipinski definition) is 2. The van der Waals surface area contributed by atoms with Gasteiger partial charge in [-0.3, -0.25) is 10.1 Å². The van der Waals surface area contributed by atoms with Gasteiger partial charge in [0.1, 0.15) is 6.33 Å². The second-order valence-corrected chi connectivity index (χ2v) is 6.67. The Bertz CT molecular complexity index is 1000. The molecule has 2 aromatic carbocycles. The standard InChI is InChI=1S/C19H18ClN5O2/c1-11-6-12(2)8-15(7-11)24-19-17(25(26)27)18(21-10-22-19)23-14-5-4-13(3)16(20)9-14/h4-10H,1-3H3,(H2,21,22,23,24). The summed E-state index contributed by atoms with van der Waals surface area (Å²) < 4.78 is 0. The van der Waals surface area contributed by atoms with Gasteiger partial charge in [0.15, 0.2) is 0 Å². The molecule has 0 saturated carbocycles. The van der Waals surface area contributed by atoms with Crippen molar-refractivity contribution in [3.63, 3.8) is 0 Å². The molecule has 0 unspecified atom stereocenters. The third-order valence-electron chi connectivity index (χ3n) is 3.92. The van der Waals surface area contributed by atoms with Crippen molar-refractivity contribution in [2.75, 3.05) is 10.6 Å². The van der Waals surface area contributed by atoms with E-state index in [4.69, 9.17) is 11.6 Å². The molecule has 0 aliphatic rings. The van der Waals surface area contributed by atoms with Crippen LogP contribution in [0.3, 0.4) is 0 Å². The van der Waals surface area contributed by atoms with E-state index in [1.807, 2.05) is 45.0 Å². The second-order valence-electron chi connectivity index (χ2n) is 6.27. The van der Waals surface area contributed by atoms with Crippen molar-refractivity contribution in [1.82, 2.24) is 9.97 Å². The molecule has 7 nitrogen and oxygen atoms in total. The number of nitrogens with one attached hydrogen (secondary N) is 2. The zero-order valence-corrected chi connectivity index (χ0v) is 15.8. The van der Waals surface area contributed by atoms with E-state index in [0.29, 0.717) is 10.7 Å². The van der Waals surface area contributed by atoms with Gasteiger partial charge in [0.25, 0.3) is 0 Å². The number of halogens is 1. The van der Waals surface area contributed by atoms with Crippen molar-refractivity contribution < 1.29 is 4.92 Å². The lowest BCUT2D eigenvalue weighted by Gasteiger charge is -2.11. The molecule has 0 atom stereocenters. The summed E-state index contributed by atoms with van der Waals surface area (Å²) in [5, 5.41) is 18.2. The lowest BCUT2D eigenvalue weighted by molar-refractivity contribution is -0.383. The zero-order chi connectivity index (χ0) is 19.6. The summed E-state index contributed by atoms with van der Waals surface area (Å²) in [7, 11) is 0. The van der Waals surface area contributed by atoms with Crippen LogP contribution in [0.1, 0.15) is 16.7 Å². The van der Waals surface area contributed by atoms with Gasteiger partial charge in [0, 0.05) is 16.4 Å². The Morgan fingerprint density at radius 1 is 0.926 bits per heavy atom. The molecule has 3 rings (SSSR count). The van der Waals surface area contributed by atoms with Crippen molar-refractivity contribution in [3.05, 3.63) is 74.6 Å². The predicted molar refractivity (Wildman–Crippen MR) is 107 cm³/mol. The van der Waals surface area contributed by atoms with Crippen molar-refractivity contribution >= 4 is 40.3 Å². The van der Waals surface area contributed by atoms with Crippen molar-refractivity contribution in [2.45, 2.75) is 20.8 Å². The molecular weight excluding hydrogens is 366 g/mol. The summed E-state index contributed by atoms with van der Waals surface area (Å²) in [6.45, 7) is 5.80. The molecule has 0 aliphatic carbocycles. The minimum atomic E-state index is -0.511. The lowest BCUT2D eigenvalue weighted by atomic mass is 10.1. The van der Waals surface area contributed by atoms with E-state index in [1.165, 1.54) is 6.33 Å². The SMILES string of the molecule is Cc1cc(C)cc(Nc2ncnc(Nc3ccc(C)c(Cl)c3)c2[N+](=O)[O-])c1. The Hall–Kier alpha value is -3.19. The summed E-state index contributed by atoms with van der Waals surface area (Å²) >= 11 is 6.13. The molecular formula is C19H18ClN5O2. The van der Waals surface area contributed by atoms with Crippen LogP contribution in [0.4, 0.5) is 28.7 Å². The Morgan fingerprint density at radius 3 is 2.07 bits per heavy atom. The van der Waals surface area contributed by atoms with Gasteiger partial charge in [0.05, 0.1) is 4.92 Å². The highest BCUT2D eigenvalue weighted by Gasteiger charge is 2.23. The van der Waals surface area contributed by atoms with E-state index in [1.54, 1.807) is 12.1 Å². The fourth-order valence-electron chi connectivity index (χ4n) is 2.73. The van der Waals surface area contributed by atoms with Crippen LogP contribution >= 0.6 is 11.6 Å². The van der Waals surface area contributed by atoms with Crippen LogP contribution in [-0.4, -0.2) is 14.9 Å². The van der Waals surface area contributed by atoms with Crippen LogP contribution in [0.15, 0.2) is 42.7 Å². The van der Waals surface area contributed by atoms with Gasteiger partial charge in [-0.2, -0.15) is 0 Å². The van der Waals surface area contributed by atoms with E-state index < -0.39 is 4.92 Å². The van der Waals surface area contributed by atoms with Gasteiger partial charge in [-0.1, -0.05) is 23.7 Å². The maximum Gasteiger partial charge on any atom is 0.353 e. The summed E-state index contributed by atoms with van der Waals surface area (Å²) in [6.07, 6.45) is 1.27. The number of anilines is 4. The number of nitrogens with zero attached hydrogens (tertiary/aromatic N) is 3. The van der Waals surface area contributed by atoms with Crippen LogP contribution in [0.2, 0.25) is 5.02 Å². The minimum absolute atomic E-state index is 0.0850. The van der Waals surface area contributed by atoms with Crippen molar-refractivity contribution in [1.29, 1.82) is 0 Å². The first kappa shape index (κ1) is 18.6. The third-order valence-corrected chi connectivity index (χ3v) is 4.33. The normalized spacial score (nSPS) is 10.5. The molecule has 8 heteroatoms. The van der Waals surface area contributed by atoms with Gasteiger partial charge in [-0.05, 0) is 61.7 Å². The van der Waals surface area contributed by atoms with Crippen LogP contribution in [0.5, 0.6) is 0 Å². The molecule has 0 saturated heterocycles. The Morgan fingerprint density at radius 2 is 1.52 bits per heavy atom. The molecule has 1 aromatic heterocycles. The van der Waals surface area contributed by atoms with Crippen LogP contribution in [-0.2, 0) is 0 Å². The largest absolute Gasteiger partial charge is 0.353 e. The average molecular weight is 384 g/mol. The quantitative estimate of drug-likeness (QED) is 0.449. The monoisotopic (exact) mass is 383 g/mol. The molecule has 2 N–H and O–H groups in total. The van der Waals surface area contributed by atoms with E-state index in [2.05, 4.69) is 20.6 Å². The molecule has 3 aromatic rings. The predicted octanol–water partition coefficient (Wildman–Crippen LogP) is 5.45. The Kier molecular flexibility index (Phi) is 5.23. The Balaban J connectivity index is 1.99. The summed E-state index contributed by atoms with van der Waals surface area (Å²) in [5.74, 6) is 0.197. The summed E-state index contributed by atoms with van der Waals surface area (Å²) in [4.78, 5) is 19.3. The van der Waals surface area contributed by atoms with Gasteiger partial charge in [-0.25, -0.2) is 9.97 Å². The van der Waals surface area contributed by atoms with Gasteiger partial charge < -0.3 is 10.6 Å². The first-order chi connectivity index (χ1) is 12.8. The number of hydrogen-bond acceptors (Lipinski definition) is 6. The molecule has 0 amide bonds. The molecule has 138 valence electrons. The maximum absolute atomic E-state index is 11.7. The molecule has 0 radical (unpaired) electrons. The first-order valence-electron chi connectivity index (χ1n) is 8.21. The van der Waals surface area contributed by atoms with E-state index >= 15 is 0 Å². The van der Waals surface area contributed by atoms with Crippen LogP contribution in [0, 0.1) is 30.9 Å². The zero-order valence-electron chi connectivity index (χ0n) is 15.1.